The maximum absolute atomic E-state index is 13.4. The van der Waals surface area contributed by atoms with Gasteiger partial charge in [-0.2, -0.15) is 0 Å². The van der Waals surface area contributed by atoms with Gasteiger partial charge in [-0.3, -0.25) is 4.79 Å². The number of halogens is 2. The molecular formula is C24H28F2N2O3. The molecule has 1 aliphatic heterocycles. The number of carbonyl (C=O) groups excluding carboxylic acids is 1. The minimum Gasteiger partial charge on any atom is -0.493 e. The van der Waals surface area contributed by atoms with E-state index in [0.717, 1.165) is 36.3 Å². The van der Waals surface area contributed by atoms with Gasteiger partial charge in [0.1, 0.15) is 0 Å². The zero-order valence-corrected chi connectivity index (χ0v) is 17.6. The molecule has 2 aromatic rings. The van der Waals surface area contributed by atoms with Gasteiger partial charge in [-0.05, 0) is 68.0 Å². The van der Waals surface area contributed by atoms with Gasteiger partial charge in [-0.1, -0.05) is 6.07 Å². The van der Waals surface area contributed by atoms with Crippen LogP contribution in [0.25, 0.3) is 0 Å². The summed E-state index contributed by atoms with van der Waals surface area (Å²) in [5.74, 6) is -0.533. The minimum atomic E-state index is -0.913. The highest BCUT2D eigenvalue weighted by Gasteiger charge is 2.30. The fourth-order valence-electron chi connectivity index (χ4n) is 4.40. The predicted molar refractivity (Wildman–Crippen MR) is 115 cm³/mol. The molecule has 7 heteroatoms. The smallest absolute Gasteiger partial charge is 0.224 e. The maximum atomic E-state index is 13.4. The molecule has 0 unspecified atom stereocenters. The number of methoxy groups -OCH3 is 1. The lowest BCUT2D eigenvalue weighted by molar-refractivity contribution is -0.126. The van der Waals surface area contributed by atoms with Crippen molar-refractivity contribution in [2.45, 2.75) is 44.1 Å². The van der Waals surface area contributed by atoms with E-state index < -0.39 is 11.6 Å². The second kappa shape index (κ2) is 9.54. The predicted octanol–water partition coefficient (Wildman–Crippen LogP) is 4.63. The van der Waals surface area contributed by atoms with E-state index in [2.05, 4.69) is 10.6 Å². The van der Waals surface area contributed by atoms with Gasteiger partial charge in [0.15, 0.2) is 23.1 Å². The molecule has 1 saturated carbocycles. The number of rotatable bonds is 7. The first-order valence-electron chi connectivity index (χ1n) is 10.8. The van der Waals surface area contributed by atoms with Gasteiger partial charge in [-0.25, -0.2) is 8.78 Å². The molecule has 1 amide bonds. The van der Waals surface area contributed by atoms with E-state index >= 15 is 0 Å². The molecule has 5 nitrogen and oxygen atoms in total. The molecule has 2 fully saturated rings. The van der Waals surface area contributed by atoms with E-state index in [0.29, 0.717) is 30.9 Å². The van der Waals surface area contributed by atoms with Crippen LogP contribution < -0.4 is 20.1 Å². The lowest BCUT2D eigenvalue weighted by Gasteiger charge is -2.30. The largest absolute Gasteiger partial charge is 0.493 e. The average Bonchev–Trinajstić information content (AvgIpc) is 3.28. The molecule has 31 heavy (non-hydrogen) atoms. The average molecular weight is 430 g/mol. The molecule has 0 spiro atoms. The Hall–Kier alpha value is -2.83. The number of hydrogen-bond acceptors (Lipinski definition) is 4. The Morgan fingerprint density at radius 3 is 2.61 bits per heavy atom. The zero-order chi connectivity index (χ0) is 21.8. The van der Waals surface area contributed by atoms with Crippen molar-refractivity contribution in [1.29, 1.82) is 0 Å². The van der Waals surface area contributed by atoms with E-state index in [-0.39, 0.29) is 23.8 Å². The van der Waals surface area contributed by atoms with E-state index in [1.807, 2.05) is 18.2 Å². The number of piperidine rings is 1. The number of hydrogen-bond donors (Lipinski definition) is 2. The molecule has 2 aromatic carbocycles. The molecule has 0 bridgehead atoms. The van der Waals surface area contributed by atoms with Crippen molar-refractivity contribution in [3.63, 3.8) is 0 Å². The van der Waals surface area contributed by atoms with Crippen molar-refractivity contribution in [3.8, 4) is 11.5 Å². The highest BCUT2D eigenvalue weighted by atomic mass is 19.2. The third-order valence-electron chi connectivity index (χ3n) is 6.19. The van der Waals surface area contributed by atoms with Crippen molar-refractivity contribution in [1.82, 2.24) is 5.32 Å². The van der Waals surface area contributed by atoms with Crippen LogP contribution >= 0.6 is 0 Å². The van der Waals surface area contributed by atoms with Crippen molar-refractivity contribution < 1.29 is 23.0 Å². The Labute approximate surface area is 181 Å². The number of nitrogens with one attached hydrogen (secondary N) is 2. The van der Waals surface area contributed by atoms with Gasteiger partial charge in [-0.15, -0.1) is 0 Å². The van der Waals surface area contributed by atoms with Gasteiger partial charge in [0.25, 0.3) is 0 Å². The summed E-state index contributed by atoms with van der Waals surface area (Å²) in [5, 5.41) is 6.02. The summed E-state index contributed by atoms with van der Waals surface area (Å²) in [6.45, 7) is 0.894. The maximum Gasteiger partial charge on any atom is 0.224 e. The molecule has 2 N–H and O–H groups in total. The number of anilines is 1. The van der Waals surface area contributed by atoms with Crippen LogP contribution in [0.1, 0.15) is 43.6 Å². The summed E-state index contributed by atoms with van der Waals surface area (Å²) in [7, 11) is 1.64. The fraction of sp³-hybridized carbons (Fsp3) is 0.458. The van der Waals surface area contributed by atoms with Gasteiger partial charge in [0, 0.05) is 24.7 Å². The third-order valence-corrected chi connectivity index (χ3v) is 6.19. The van der Waals surface area contributed by atoms with Crippen molar-refractivity contribution >= 4 is 11.6 Å². The number of carbonyl (C=O) groups is 1. The van der Waals surface area contributed by atoms with Crippen LogP contribution in [-0.4, -0.2) is 32.2 Å². The van der Waals surface area contributed by atoms with Gasteiger partial charge in [0.2, 0.25) is 5.91 Å². The topological polar surface area (TPSA) is 59.6 Å². The van der Waals surface area contributed by atoms with Crippen LogP contribution in [-0.2, 0) is 4.79 Å². The van der Waals surface area contributed by atoms with E-state index in [1.54, 1.807) is 7.11 Å². The standard InChI is InChI=1S/C24H28F2N2O3/c1-30-22-9-6-15(11-23(22)31-19-4-2-3-5-19)16-10-17(24(29)28-13-16)14-27-18-7-8-20(25)21(26)12-18/h6-9,11-12,16-17,19,27H,2-5,10,13-14H2,1H3,(H,28,29)/t16-,17+/m1/s1. The Morgan fingerprint density at radius 2 is 1.87 bits per heavy atom. The first-order chi connectivity index (χ1) is 15.0. The van der Waals surface area contributed by atoms with Crippen LogP contribution in [0.2, 0.25) is 0 Å². The van der Waals surface area contributed by atoms with Crippen molar-refractivity contribution in [2.75, 3.05) is 25.5 Å². The van der Waals surface area contributed by atoms with Gasteiger partial charge >= 0.3 is 0 Å². The molecule has 0 aromatic heterocycles. The lowest BCUT2D eigenvalue weighted by atomic mass is 9.85. The minimum absolute atomic E-state index is 0.0396. The summed E-state index contributed by atoms with van der Waals surface area (Å²) in [5.41, 5.74) is 1.54. The van der Waals surface area contributed by atoms with Crippen LogP contribution in [0.4, 0.5) is 14.5 Å². The van der Waals surface area contributed by atoms with Crippen LogP contribution in [0.15, 0.2) is 36.4 Å². The molecule has 1 aliphatic carbocycles. The summed E-state index contributed by atoms with van der Waals surface area (Å²) in [4.78, 5) is 12.4. The van der Waals surface area contributed by atoms with E-state index in [9.17, 15) is 13.6 Å². The molecule has 166 valence electrons. The second-order valence-electron chi connectivity index (χ2n) is 8.32. The Morgan fingerprint density at radius 1 is 1.06 bits per heavy atom. The molecule has 2 atom stereocenters. The SMILES string of the molecule is COc1ccc([C@H]2CNC(=O)[C@H](CNc3ccc(F)c(F)c3)C2)cc1OC1CCCC1. The van der Waals surface area contributed by atoms with Gasteiger partial charge in [0.05, 0.1) is 19.1 Å². The summed E-state index contributed by atoms with van der Waals surface area (Å²) < 4.78 is 38.2. The second-order valence-corrected chi connectivity index (χ2v) is 8.32. The van der Waals surface area contributed by atoms with Crippen molar-refractivity contribution in [3.05, 3.63) is 53.6 Å². The molecular weight excluding hydrogens is 402 g/mol. The van der Waals surface area contributed by atoms with Crippen LogP contribution in [0.5, 0.6) is 11.5 Å². The Balaban J connectivity index is 1.44. The summed E-state index contributed by atoms with van der Waals surface area (Å²) in [6, 6.07) is 9.60. The highest BCUT2D eigenvalue weighted by Crippen LogP contribution is 2.36. The lowest BCUT2D eigenvalue weighted by Crippen LogP contribution is -2.43. The zero-order valence-electron chi connectivity index (χ0n) is 17.6. The normalized spacial score (nSPS) is 21.6. The Bertz CT molecular complexity index is 931. The van der Waals surface area contributed by atoms with Crippen LogP contribution in [0, 0.1) is 17.6 Å². The monoisotopic (exact) mass is 430 g/mol. The first kappa shape index (κ1) is 21.4. The first-order valence-corrected chi connectivity index (χ1v) is 10.8. The molecule has 2 aliphatic rings. The fourth-order valence-corrected chi connectivity index (χ4v) is 4.40. The quantitative estimate of drug-likeness (QED) is 0.673. The number of benzene rings is 2. The summed E-state index contributed by atoms with van der Waals surface area (Å²) >= 11 is 0. The Kier molecular flexibility index (Phi) is 6.59. The van der Waals surface area contributed by atoms with Crippen molar-refractivity contribution in [2.24, 2.45) is 5.92 Å². The third kappa shape index (κ3) is 5.09. The molecule has 1 saturated heterocycles. The molecule has 4 rings (SSSR count). The van der Waals surface area contributed by atoms with E-state index in [4.69, 9.17) is 9.47 Å². The van der Waals surface area contributed by atoms with Gasteiger partial charge < -0.3 is 20.1 Å². The summed E-state index contributed by atoms with van der Waals surface area (Å²) in [6.07, 6.45) is 5.37. The number of amides is 1. The molecule has 1 heterocycles. The number of ether oxygens (including phenoxy) is 2. The van der Waals surface area contributed by atoms with Crippen LogP contribution in [0.3, 0.4) is 0 Å². The van der Waals surface area contributed by atoms with E-state index in [1.165, 1.54) is 18.9 Å². The molecule has 0 radical (unpaired) electrons. The highest BCUT2D eigenvalue weighted by molar-refractivity contribution is 5.80.